The number of carbonyl (C=O) groups excluding carboxylic acids is 1. The summed E-state index contributed by atoms with van der Waals surface area (Å²) >= 11 is 0. The number of nitriles is 1. The number of nitrogens with one attached hydrogen (secondary N) is 1. The average molecular weight is 307 g/mol. The molecule has 112 valence electrons. The molecule has 0 unspecified atom stereocenters. The molecule has 1 heterocycles. The zero-order valence-electron chi connectivity index (χ0n) is 11.6. The first kappa shape index (κ1) is 15.5. The third-order valence-electron chi connectivity index (χ3n) is 3.33. The molecule has 6 nitrogen and oxygen atoms in total. The van der Waals surface area contributed by atoms with Crippen LogP contribution in [-0.4, -0.2) is 31.7 Å². The number of nitrogens with zero attached hydrogens (tertiary/aromatic N) is 2. The number of anilines is 1. The first-order valence-electron chi connectivity index (χ1n) is 6.81. The highest BCUT2D eigenvalue weighted by molar-refractivity contribution is 7.89. The Morgan fingerprint density at radius 1 is 1.24 bits per heavy atom. The van der Waals surface area contributed by atoms with E-state index in [-0.39, 0.29) is 17.0 Å². The van der Waals surface area contributed by atoms with E-state index in [9.17, 15) is 13.2 Å². The molecule has 0 aromatic heterocycles. The van der Waals surface area contributed by atoms with Gasteiger partial charge >= 0.3 is 0 Å². The minimum absolute atomic E-state index is 0.0817. The number of piperidine rings is 1. The molecule has 0 aliphatic carbocycles. The molecule has 7 heteroatoms. The van der Waals surface area contributed by atoms with Crippen molar-refractivity contribution in [2.24, 2.45) is 0 Å². The quantitative estimate of drug-likeness (QED) is 0.917. The van der Waals surface area contributed by atoms with Crippen LogP contribution in [0.15, 0.2) is 29.2 Å². The summed E-state index contributed by atoms with van der Waals surface area (Å²) in [6, 6.07) is 8.02. The topological polar surface area (TPSA) is 90.3 Å². The molecule has 21 heavy (non-hydrogen) atoms. The van der Waals surface area contributed by atoms with E-state index >= 15 is 0 Å². The van der Waals surface area contributed by atoms with Crippen LogP contribution in [-0.2, 0) is 14.8 Å². The van der Waals surface area contributed by atoms with Gasteiger partial charge in [-0.05, 0) is 25.0 Å². The third kappa shape index (κ3) is 3.60. The second-order valence-electron chi connectivity index (χ2n) is 4.84. The van der Waals surface area contributed by atoms with Gasteiger partial charge in [-0.1, -0.05) is 18.6 Å². The number of hydrogen-bond donors (Lipinski definition) is 1. The van der Waals surface area contributed by atoms with Gasteiger partial charge < -0.3 is 5.32 Å². The highest BCUT2D eigenvalue weighted by Crippen LogP contribution is 2.26. The second-order valence-corrected chi connectivity index (χ2v) is 6.75. The maximum atomic E-state index is 12.7. The van der Waals surface area contributed by atoms with Gasteiger partial charge in [-0.15, -0.1) is 0 Å². The van der Waals surface area contributed by atoms with Crippen molar-refractivity contribution in [3.05, 3.63) is 24.3 Å². The number of sulfonamides is 1. The molecule has 1 aromatic rings. The van der Waals surface area contributed by atoms with Crippen LogP contribution in [0.4, 0.5) is 5.69 Å². The number of benzene rings is 1. The summed E-state index contributed by atoms with van der Waals surface area (Å²) in [5.41, 5.74) is 0.225. The smallest absolute Gasteiger partial charge is 0.245 e. The van der Waals surface area contributed by atoms with E-state index in [1.54, 1.807) is 18.2 Å². The first-order chi connectivity index (χ1) is 10.1. The zero-order chi connectivity index (χ0) is 15.3. The molecule has 0 bridgehead atoms. The monoisotopic (exact) mass is 307 g/mol. The molecular weight excluding hydrogens is 290 g/mol. The molecule has 1 aliphatic rings. The van der Waals surface area contributed by atoms with Crippen LogP contribution in [0, 0.1) is 11.3 Å². The van der Waals surface area contributed by atoms with Crippen LogP contribution in [0.3, 0.4) is 0 Å². The summed E-state index contributed by atoms with van der Waals surface area (Å²) in [6.45, 7) is 1.01. The Labute approximate surface area is 124 Å². The zero-order valence-corrected chi connectivity index (χ0v) is 12.4. The summed E-state index contributed by atoms with van der Waals surface area (Å²) in [4.78, 5) is 11.6. The molecule has 1 fully saturated rings. The summed E-state index contributed by atoms with van der Waals surface area (Å²) in [5, 5.41) is 11.0. The van der Waals surface area contributed by atoms with Gasteiger partial charge in [-0.3, -0.25) is 4.79 Å². The van der Waals surface area contributed by atoms with E-state index in [1.165, 1.54) is 16.4 Å². The summed E-state index contributed by atoms with van der Waals surface area (Å²) in [5.74, 6) is -0.515. The van der Waals surface area contributed by atoms with Crippen LogP contribution in [0.25, 0.3) is 0 Å². The van der Waals surface area contributed by atoms with Crippen LogP contribution < -0.4 is 5.32 Å². The fourth-order valence-corrected chi connectivity index (χ4v) is 3.97. The first-order valence-corrected chi connectivity index (χ1v) is 8.25. The lowest BCUT2D eigenvalue weighted by molar-refractivity contribution is -0.115. The number of para-hydroxylation sites is 1. The summed E-state index contributed by atoms with van der Waals surface area (Å²) in [6.07, 6.45) is 2.43. The van der Waals surface area contributed by atoms with Gasteiger partial charge in [0.05, 0.1) is 11.8 Å². The molecule has 1 amide bonds. The van der Waals surface area contributed by atoms with E-state index in [0.29, 0.717) is 13.1 Å². The van der Waals surface area contributed by atoms with E-state index in [1.807, 2.05) is 0 Å². The Morgan fingerprint density at radius 2 is 1.90 bits per heavy atom. The molecular formula is C14H17N3O3S. The van der Waals surface area contributed by atoms with Crippen LogP contribution >= 0.6 is 0 Å². The van der Waals surface area contributed by atoms with Gasteiger partial charge in [0.25, 0.3) is 0 Å². The normalized spacial score (nSPS) is 16.1. The fraction of sp³-hybridized carbons (Fsp3) is 0.429. The van der Waals surface area contributed by atoms with Gasteiger partial charge in [-0.25, -0.2) is 8.42 Å². The van der Waals surface area contributed by atoms with Gasteiger partial charge in [0, 0.05) is 13.1 Å². The van der Waals surface area contributed by atoms with Crippen molar-refractivity contribution in [2.75, 3.05) is 18.4 Å². The Morgan fingerprint density at radius 3 is 2.57 bits per heavy atom. The minimum Gasteiger partial charge on any atom is -0.324 e. The highest BCUT2D eigenvalue weighted by atomic mass is 32.2. The Kier molecular flexibility index (Phi) is 4.94. The molecule has 0 saturated carbocycles. The van der Waals surface area contributed by atoms with Crippen molar-refractivity contribution in [3.8, 4) is 6.07 Å². The lowest BCUT2D eigenvalue weighted by Gasteiger charge is -2.26. The van der Waals surface area contributed by atoms with E-state index in [0.717, 1.165) is 19.3 Å². The highest BCUT2D eigenvalue weighted by Gasteiger charge is 2.28. The van der Waals surface area contributed by atoms with Gasteiger partial charge in [-0.2, -0.15) is 9.57 Å². The molecule has 1 aromatic carbocycles. The predicted molar refractivity (Wildman–Crippen MR) is 77.9 cm³/mol. The van der Waals surface area contributed by atoms with Crippen LogP contribution in [0.5, 0.6) is 0 Å². The minimum atomic E-state index is -3.62. The van der Waals surface area contributed by atoms with Crippen molar-refractivity contribution in [1.82, 2.24) is 4.31 Å². The number of hydrogen-bond acceptors (Lipinski definition) is 4. The van der Waals surface area contributed by atoms with Crippen molar-refractivity contribution in [1.29, 1.82) is 5.26 Å². The maximum Gasteiger partial charge on any atom is 0.245 e. The number of rotatable bonds is 4. The van der Waals surface area contributed by atoms with E-state index < -0.39 is 15.9 Å². The maximum absolute atomic E-state index is 12.7. The van der Waals surface area contributed by atoms with E-state index in [2.05, 4.69) is 5.32 Å². The summed E-state index contributed by atoms with van der Waals surface area (Å²) in [7, 11) is -3.62. The summed E-state index contributed by atoms with van der Waals surface area (Å²) < 4.78 is 26.8. The Balaban J connectivity index is 2.30. The van der Waals surface area contributed by atoms with Gasteiger partial charge in [0.2, 0.25) is 15.9 Å². The lowest BCUT2D eigenvalue weighted by Crippen LogP contribution is -2.36. The van der Waals surface area contributed by atoms with Crippen LogP contribution in [0.1, 0.15) is 25.7 Å². The van der Waals surface area contributed by atoms with E-state index in [4.69, 9.17) is 5.26 Å². The third-order valence-corrected chi connectivity index (χ3v) is 5.29. The van der Waals surface area contributed by atoms with Crippen molar-refractivity contribution in [2.45, 2.75) is 30.6 Å². The van der Waals surface area contributed by atoms with Crippen LogP contribution in [0.2, 0.25) is 0 Å². The van der Waals surface area contributed by atoms with Crippen molar-refractivity contribution < 1.29 is 13.2 Å². The second kappa shape index (κ2) is 6.70. The molecule has 2 rings (SSSR count). The number of amides is 1. The van der Waals surface area contributed by atoms with Gasteiger partial charge in [0.15, 0.2) is 0 Å². The van der Waals surface area contributed by atoms with Crippen molar-refractivity contribution >= 4 is 21.6 Å². The average Bonchev–Trinajstić information content (AvgIpc) is 2.49. The molecule has 1 N–H and O–H groups in total. The largest absolute Gasteiger partial charge is 0.324 e. The molecule has 0 radical (unpaired) electrons. The number of carbonyl (C=O) groups is 1. The molecule has 1 aliphatic heterocycles. The Hall–Kier alpha value is -1.91. The lowest BCUT2D eigenvalue weighted by atomic mass is 10.2. The standard InChI is InChI=1S/C14H17N3O3S/c15-9-8-14(18)16-12-6-2-3-7-13(12)21(19,20)17-10-4-1-5-11-17/h2-3,6-7H,1,4-5,8,10-11H2,(H,16,18). The predicted octanol–water partition coefficient (Wildman–Crippen LogP) is 1.71. The molecule has 1 saturated heterocycles. The van der Waals surface area contributed by atoms with Crippen molar-refractivity contribution in [3.63, 3.8) is 0 Å². The SMILES string of the molecule is N#CCC(=O)Nc1ccccc1S(=O)(=O)N1CCCCC1. The Bertz CT molecular complexity index is 658. The fourth-order valence-electron chi connectivity index (χ4n) is 2.31. The van der Waals surface area contributed by atoms with Gasteiger partial charge in [0.1, 0.15) is 11.3 Å². The molecule has 0 atom stereocenters. The molecule has 0 spiro atoms.